The Labute approximate surface area is 150 Å². The van der Waals surface area contributed by atoms with E-state index in [9.17, 15) is 4.79 Å². The van der Waals surface area contributed by atoms with Gasteiger partial charge < -0.3 is 9.32 Å². The number of hydrogen-bond acceptors (Lipinski definition) is 6. The van der Waals surface area contributed by atoms with Crippen molar-refractivity contribution in [3.63, 3.8) is 0 Å². The molecule has 0 saturated carbocycles. The van der Waals surface area contributed by atoms with Crippen molar-refractivity contribution < 1.29 is 9.21 Å². The van der Waals surface area contributed by atoms with E-state index in [0.717, 1.165) is 36.3 Å². The summed E-state index contributed by atoms with van der Waals surface area (Å²) in [6.07, 6.45) is 7.88. The van der Waals surface area contributed by atoms with Gasteiger partial charge in [-0.2, -0.15) is 5.10 Å². The van der Waals surface area contributed by atoms with Crippen LogP contribution in [0.4, 0.5) is 0 Å². The molecule has 3 aromatic rings. The van der Waals surface area contributed by atoms with Gasteiger partial charge in [-0.15, -0.1) is 0 Å². The van der Waals surface area contributed by atoms with Crippen LogP contribution in [0.3, 0.4) is 0 Å². The fraction of sp³-hybridized carbons (Fsp3) is 0.389. The van der Waals surface area contributed by atoms with Crippen LogP contribution in [0.1, 0.15) is 40.8 Å². The number of amides is 1. The van der Waals surface area contributed by atoms with E-state index in [-0.39, 0.29) is 5.91 Å². The van der Waals surface area contributed by atoms with Crippen molar-refractivity contribution in [3.05, 3.63) is 47.7 Å². The molecular weight excluding hydrogens is 332 g/mol. The topological polar surface area (TPSA) is 89.9 Å². The van der Waals surface area contributed by atoms with Crippen molar-refractivity contribution in [1.82, 2.24) is 29.6 Å². The highest BCUT2D eigenvalue weighted by atomic mass is 16.3. The van der Waals surface area contributed by atoms with E-state index in [2.05, 4.69) is 21.9 Å². The van der Waals surface area contributed by atoms with E-state index in [1.807, 2.05) is 11.6 Å². The SMILES string of the molecule is CCCn1nc(-c2cocn2)c2c1CCN(C(=O)c1cnc(C)cn1)C2. The van der Waals surface area contributed by atoms with Gasteiger partial charge in [0.2, 0.25) is 0 Å². The van der Waals surface area contributed by atoms with Crippen LogP contribution in [0.5, 0.6) is 0 Å². The Morgan fingerprint density at radius 2 is 2.15 bits per heavy atom. The fourth-order valence-corrected chi connectivity index (χ4v) is 3.26. The number of fused-ring (bicyclic) bond motifs is 1. The maximum atomic E-state index is 12.8. The molecule has 4 rings (SSSR count). The quantitative estimate of drug-likeness (QED) is 0.715. The smallest absolute Gasteiger partial charge is 0.274 e. The zero-order valence-corrected chi connectivity index (χ0v) is 14.8. The Morgan fingerprint density at radius 3 is 2.85 bits per heavy atom. The van der Waals surface area contributed by atoms with Crippen LogP contribution in [-0.2, 0) is 19.5 Å². The number of aryl methyl sites for hydroxylation is 2. The first-order valence-electron chi connectivity index (χ1n) is 8.72. The molecule has 0 N–H and O–H groups in total. The van der Waals surface area contributed by atoms with E-state index in [0.29, 0.717) is 24.5 Å². The molecule has 26 heavy (non-hydrogen) atoms. The summed E-state index contributed by atoms with van der Waals surface area (Å²) in [5.41, 5.74) is 4.84. The maximum absolute atomic E-state index is 12.8. The highest BCUT2D eigenvalue weighted by molar-refractivity contribution is 5.92. The minimum Gasteiger partial charge on any atom is -0.451 e. The lowest BCUT2D eigenvalue weighted by molar-refractivity contribution is 0.0727. The zero-order valence-electron chi connectivity index (χ0n) is 14.8. The van der Waals surface area contributed by atoms with Gasteiger partial charge >= 0.3 is 0 Å². The predicted molar refractivity (Wildman–Crippen MR) is 93.2 cm³/mol. The van der Waals surface area contributed by atoms with Crippen molar-refractivity contribution in [2.75, 3.05) is 6.54 Å². The molecule has 1 aliphatic rings. The molecule has 1 amide bonds. The van der Waals surface area contributed by atoms with Crippen LogP contribution >= 0.6 is 0 Å². The third-order valence-corrected chi connectivity index (χ3v) is 4.53. The number of carbonyl (C=O) groups is 1. The number of hydrogen-bond donors (Lipinski definition) is 0. The first kappa shape index (κ1) is 16.4. The lowest BCUT2D eigenvalue weighted by Crippen LogP contribution is -2.37. The molecule has 0 fully saturated rings. The highest BCUT2D eigenvalue weighted by Crippen LogP contribution is 2.30. The summed E-state index contributed by atoms with van der Waals surface area (Å²) in [6.45, 7) is 5.93. The molecule has 0 radical (unpaired) electrons. The second-order valence-corrected chi connectivity index (χ2v) is 6.39. The molecule has 1 aliphatic heterocycles. The number of carbonyl (C=O) groups excluding carboxylic acids is 1. The summed E-state index contributed by atoms with van der Waals surface area (Å²) in [5.74, 6) is -0.113. The van der Waals surface area contributed by atoms with Crippen LogP contribution < -0.4 is 0 Å². The van der Waals surface area contributed by atoms with E-state index in [1.165, 1.54) is 18.3 Å². The van der Waals surface area contributed by atoms with Crippen LogP contribution in [0, 0.1) is 6.92 Å². The number of rotatable bonds is 4. The molecule has 8 heteroatoms. The minimum absolute atomic E-state index is 0.113. The molecule has 8 nitrogen and oxygen atoms in total. The molecule has 0 bridgehead atoms. The Bertz CT molecular complexity index is 914. The molecule has 0 aliphatic carbocycles. The Hall–Kier alpha value is -3.03. The summed E-state index contributed by atoms with van der Waals surface area (Å²) in [4.78, 5) is 27.2. The van der Waals surface area contributed by atoms with Crippen molar-refractivity contribution in [1.29, 1.82) is 0 Å². The van der Waals surface area contributed by atoms with Crippen LogP contribution in [0.2, 0.25) is 0 Å². The van der Waals surface area contributed by atoms with Gasteiger partial charge in [0.15, 0.2) is 6.39 Å². The van der Waals surface area contributed by atoms with Gasteiger partial charge in [0.1, 0.15) is 23.3 Å². The second-order valence-electron chi connectivity index (χ2n) is 6.39. The molecule has 0 aromatic carbocycles. The number of aromatic nitrogens is 5. The van der Waals surface area contributed by atoms with Gasteiger partial charge in [-0.3, -0.25) is 14.5 Å². The second kappa shape index (κ2) is 6.70. The molecule has 134 valence electrons. The molecule has 0 unspecified atom stereocenters. The predicted octanol–water partition coefficient (Wildman–Crippen LogP) is 2.25. The molecule has 0 spiro atoms. The summed E-state index contributed by atoms with van der Waals surface area (Å²) in [6, 6.07) is 0. The average molecular weight is 352 g/mol. The molecular formula is C18H20N6O2. The minimum atomic E-state index is -0.113. The summed E-state index contributed by atoms with van der Waals surface area (Å²) in [5, 5.41) is 4.73. The van der Waals surface area contributed by atoms with Gasteiger partial charge in [0.05, 0.1) is 18.4 Å². The first-order chi connectivity index (χ1) is 12.7. The Kier molecular flexibility index (Phi) is 4.24. The van der Waals surface area contributed by atoms with Gasteiger partial charge in [0.25, 0.3) is 5.91 Å². The number of oxazole rings is 1. The van der Waals surface area contributed by atoms with Crippen molar-refractivity contribution in [2.45, 2.75) is 39.8 Å². The molecule has 0 atom stereocenters. The molecule has 0 saturated heterocycles. The third kappa shape index (κ3) is 2.87. The van der Waals surface area contributed by atoms with Crippen LogP contribution in [-0.4, -0.2) is 42.1 Å². The third-order valence-electron chi connectivity index (χ3n) is 4.53. The van der Waals surface area contributed by atoms with Crippen molar-refractivity contribution in [2.24, 2.45) is 0 Å². The maximum Gasteiger partial charge on any atom is 0.274 e. The average Bonchev–Trinajstić information content (AvgIpc) is 3.30. The lowest BCUT2D eigenvalue weighted by atomic mass is 10.0. The van der Waals surface area contributed by atoms with Gasteiger partial charge in [-0.25, -0.2) is 9.97 Å². The highest BCUT2D eigenvalue weighted by Gasteiger charge is 2.29. The number of nitrogens with zero attached hydrogens (tertiary/aromatic N) is 6. The fourth-order valence-electron chi connectivity index (χ4n) is 3.26. The Morgan fingerprint density at radius 1 is 1.27 bits per heavy atom. The van der Waals surface area contributed by atoms with Crippen LogP contribution in [0.25, 0.3) is 11.4 Å². The first-order valence-corrected chi connectivity index (χ1v) is 8.72. The zero-order chi connectivity index (χ0) is 18.1. The summed E-state index contributed by atoms with van der Waals surface area (Å²) in [7, 11) is 0. The van der Waals surface area contributed by atoms with Gasteiger partial charge in [0, 0.05) is 37.0 Å². The van der Waals surface area contributed by atoms with E-state index >= 15 is 0 Å². The summed E-state index contributed by atoms with van der Waals surface area (Å²) < 4.78 is 7.16. The van der Waals surface area contributed by atoms with Gasteiger partial charge in [-0.1, -0.05) is 6.92 Å². The monoisotopic (exact) mass is 352 g/mol. The Balaban J connectivity index is 1.67. The molecule has 4 heterocycles. The van der Waals surface area contributed by atoms with Gasteiger partial charge in [-0.05, 0) is 13.3 Å². The van der Waals surface area contributed by atoms with Crippen LogP contribution in [0.15, 0.2) is 29.5 Å². The van der Waals surface area contributed by atoms with E-state index in [1.54, 1.807) is 17.4 Å². The van der Waals surface area contributed by atoms with E-state index < -0.39 is 0 Å². The molecule has 3 aromatic heterocycles. The van der Waals surface area contributed by atoms with E-state index in [4.69, 9.17) is 9.52 Å². The summed E-state index contributed by atoms with van der Waals surface area (Å²) >= 11 is 0. The van der Waals surface area contributed by atoms with Crippen molar-refractivity contribution >= 4 is 5.91 Å². The normalized spacial score (nSPS) is 13.7. The van der Waals surface area contributed by atoms with Crippen molar-refractivity contribution in [3.8, 4) is 11.4 Å². The largest absolute Gasteiger partial charge is 0.451 e. The lowest BCUT2D eigenvalue weighted by Gasteiger charge is -2.27. The standard InChI is InChI=1S/C18H20N6O2/c1-3-5-24-16-4-6-23(18(25)14-8-19-12(2)7-20-14)9-13(16)17(22-24)15-10-26-11-21-15/h7-8,10-11H,3-6,9H2,1-2H3.